The molecule has 0 aliphatic carbocycles. The number of carbonyl (C=O) groups excluding carboxylic acids is 3. The first-order chi connectivity index (χ1) is 14.9. The molecule has 31 heavy (non-hydrogen) atoms. The largest absolute Gasteiger partial charge is 0.508 e. The molecule has 0 spiro atoms. The summed E-state index contributed by atoms with van der Waals surface area (Å²) in [5.74, 6) is -2.29. The molecule has 3 rings (SSSR count). The molecule has 0 bridgehead atoms. The lowest BCUT2D eigenvalue weighted by Gasteiger charge is -2.11. The second-order valence-electron chi connectivity index (χ2n) is 6.61. The molecule has 8 heteroatoms. The number of hydrogen-bond donors (Lipinski definition) is 4. The lowest BCUT2D eigenvalue weighted by atomic mass is 10.1. The van der Waals surface area contributed by atoms with Crippen LogP contribution in [0.3, 0.4) is 0 Å². The van der Waals surface area contributed by atoms with Gasteiger partial charge in [0, 0.05) is 5.69 Å². The first-order valence-electron chi connectivity index (χ1n) is 9.33. The number of nitrogens with zero attached hydrogens (tertiary/aromatic N) is 1. The highest BCUT2D eigenvalue weighted by molar-refractivity contribution is 6.40. The number of carbonyl (C=O) groups is 3. The van der Waals surface area contributed by atoms with E-state index in [2.05, 4.69) is 21.2 Å². The minimum Gasteiger partial charge on any atom is -0.508 e. The molecule has 0 aromatic heterocycles. The van der Waals surface area contributed by atoms with Crippen LogP contribution in [-0.4, -0.2) is 29.0 Å². The molecule has 0 saturated carbocycles. The molecule has 8 nitrogen and oxygen atoms in total. The van der Waals surface area contributed by atoms with Crippen molar-refractivity contribution in [2.75, 3.05) is 10.6 Å². The number of nitrogens with one attached hydrogen (secondary N) is 3. The van der Waals surface area contributed by atoms with Crippen LogP contribution >= 0.6 is 0 Å². The predicted molar refractivity (Wildman–Crippen MR) is 118 cm³/mol. The SMILES string of the molecule is Cc1cccc(NC(=O)c2ccccc2NC(=O)C(=O)NN=Cc2ccc(O)cc2)c1. The monoisotopic (exact) mass is 416 g/mol. The van der Waals surface area contributed by atoms with Gasteiger partial charge < -0.3 is 15.7 Å². The van der Waals surface area contributed by atoms with Gasteiger partial charge in [-0.25, -0.2) is 5.43 Å². The number of amides is 3. The van der Waals surface area contributed by atoms with Crippen molar-refractivity contribution >= 4 is 35.3 Å². The van der Waals surface area contributed by atoms with Crippen molar-refractivity contribution < 1.29 is 19.5 Å². The number of aryl methyl sites for hydroxylation is 1. The maximum Gasteiger partial charge on any atom is 0.329 e. The fourth-order valence-corrected chi connectivity index (χ4v) is 2.67. The van der Waals surface area contributed by atoms with Crippen molar-refractivity contribution in [2.24, 2.45) is 5.10 Å². The van der Waals surface area contributed by atoms with Gasteiger partial charge in [0.25, 0.3) is 5.91 Å². The van der Waals surface area contributed by atoms with Gasteiger partial charge in [0.05, 0.1) is 17.5 Å². The van der Waals surface area contributed by atoms with Crippen molar-refractivity contribution in [3.05, 3.63) is 89.5 Å². The Morgan fingerprint density at radius 2 is 1.61 bits per heavy atom. The van der Waals surface area contributed by atoms with E-state index in [1.807, 2.05) is 25.1 Å². The van der Waals surface area contributed by atoms with E-state index in [1.54, 1.807) is 36.4 Å². The van der Waals surface area contributed by atoms with E-state index in [4.69, 9.17) is 0 Å². The summed E-state index contributed by atoms with van der Waals surface area (Å²) in [4.78, 5) is 36.9. The first kappa shape index (κ1) is 21.3. The maximum atomic E-state index is 12.6. The summed E-state index contributed by atoms with van der Waals surface area (Å²) in [6.45, 7) is 1.91. The van der Waals surface area contributed by atoms with E-state index in [0.29, 0.717) is 11.3 Å². The quantitative estimate of drug-likeness (QED) is 0.290. The highest BCUT2D eigenvalue weighted by Gasteiger charge is 2.17. The zero-order chi connectivity index (χ0) is 22.2. The summed E-state index contributed by atoms with van der Waals surface area (Å²) in [6, 6.07) is 19.8. The second-order valence-corrected chi connectivity index (χ2v) is 6.61. The highest BCUT2D eigenvalue weighted by atomic mass is 16.3. The maximum absolute atomic E-state index is 12.6. The van der Waals surface area contributed by atoms with Gasteiger partial charge in [-0.1, -0.05) is 24.3 Å². The standard InChI is InChI=1S/C23H20N4O4/c1-15-5-4-6-17(13-15)25-21(29)19-7-2-3-8-20(19)26-22(30)23(31)27-24-14-16-9-11-18(28)12-10-16/h2-14,28H,1H3,(H,25,29)(H,26,30)(H,27,31). The van der Waals surface area contributed by atoms with Gasteiger partial charge in [-0.15, -0.1) is 0 Å². The molecule has 0 saturated heterocycles. The summed E-state index contributed by atoms with van der Waals surface area (Å²) in [6.07, 6.45) is 1.33. The van der Waals surface area contributed by atoms with E-state index in [-0.39, 0.29) is 17.0 Å². The fourth-order valence-electron chi connectivity index (χ4n) is 2.67. The summed E-state index contributed by atoms with van der Waals surface area (Å²) in [5.41, 5.74) is 4.74. The molecule has 0 fully saturated rings. The van der Waals surface area contributed by atoms with Gasteiger partial charge in [-0.3, -0.25) is 14.4 Å². The smallest absolute Gasteiger partial charge is 0.329 e. The molecule has 156 valence electrons. The van der Waals surface area contributed by atoms with Crippen molar-refractivity contribution in [2.45, 2.75) is 6.92 Å². The number of hydrazone groups is 1. The molecule has 0 atom stereocenters. The Morgan fingerprint density at radius 3 is 2.35 bits per heavy atom. The minimum absolute atomic E-state index is 0.102. The summed E-state index contributed by atoms with van der Waals surface area (Å²) < 4.78 is 0. The Bertz CT molecular complexity index is 1140. The number of phenols is 1. The molecule has 0 heterocycles. The van der Waals surface area contributed by atoms with Crippen molar-refractivity contribution in [1.29, 1.82) is 0 Å². The third kappa shape index (κ3) is 6.01. The van der Waals surface area contributed by atoms with Gasteiger partial charge >= 0.3 is 11.8 Å². The van der Waals surface area contributed by atoms with E-state index >= 15 is 0 Å². The normalized spacial score (nSPS) is 10.5. The summed E-state index contributed by atoms with van der Waals surface area (Å²) in [5, 5.41) is 18.1. The molecular formula is C23H20N4O4. The van der Waals surface area contributed by atoms with Crippen LogP contribution in [0.25, 0.3) is 0 Å². The Kier molecular flexibility index (Phi) is 6.74. The van der Waals surface area contributed by atoms with Crippen LogP contribution in [0.4, 0.5) is 11.4 Å². The molecular weight excluding hydrogens is 396 g/mol. The van der Waals surface area contributed by atoms with Crippen molar-refractivity contribution in [3.63, 3.8) is 0 Å². The molecule has 3 aromatic rings. The number of benzene rings is 3. The topological polar surface area (TPSA) is 120 Å². The molecule has 3 aromatic carbocycles. The first-order valence-corrected chi connectivity index (χ1v) is 9.33. The molecule has 3 amide bonds. The number of aromatic hydroxyl groups is 1. The van der Waals surface area contributed by atoms with Gasteiger partial charge in [0.15, 0.2) is 0 Å². The highest BCUT2D eigenvalue weighted by Crippen LogP contribution is 2.18. The molecule has 0 aliphatic rings. The average Bonchev–Trinajstić information content (AvgIpc) is 2.75. The lowest BCUT2D eigenvalue weighted by Crippen LogP contribution is -2.33. The zero-order valence-electron chi connectivity index (χ0n) is 16.6. The molecule has 4 N–H and O–H groups in total. The van der Waals surface area contributed by atoms with Crippen LogP contribution < -0.4 is 16.1 Å². The number of rotatable bonds is 5. The van der Waals surface area contributed by atoms with Gasteiger partial charge in [0.2, 0.25) is 0 Å². The minimum atomic E-state index is -0.996. The Labute approximate surface area is 178 Å². The van der Waals surface area contributed by atoms with Crippen LogP contribution in [0.1, 0.15) is 21.5 Å². The van der Waals surface area contributed by atoms with Crippen molar-refractivity contribution in [3.8, 4) is 5.75 Å². The van der Waals surface area contributed by atoms with Gasteiger partial charge in [-0.2, -0.15) is 5.10 Å². The van der Waals surface area contributed by atoms with Gasteiger partial charge in [-0.05, 0) is 66.6 Å². The van der Waals surface area contributed by atoms with E-state index in [0.717, 1.165) is 5.56 Å². The van der Waals surface area contributed by atoms with Gasteiger partial charge in [0.1, 0.15) is 5.75 Å². The Balaban J connectivity index is 1.63. The van der Waals surface area contributed by atoms with E-state index < -0.39 is 17.7 Å². The lowest BCUT2D eigenvalue weighted by molar-refractivity contribution is -0.136. The third-order valence-electron chi connectivity index (χ3n) is 4.17. The number of hydrogen-bond acceptors (Lipinski definition) is 5. The third-order valence-corrected chi connectivity index (χ3v) is 4.17. The van der Waals surface area contributed by atoms with Crippen molar-refractivity contribution in [1.82, 2.24) is 5.43 Å². The molecule has 0 unspecified atom stereocenters. The number of anilines is 2. The summed E-state index contributed by atoms with van der Waals surface area (Å²) >= 11 is 0. The summed E-state index contributed by atoms with van der Waals surface area (Å²) in [7, 11) is 0. The molecule has 0 radical (unpaired) electrons. The van der Waals surface area contributed by atoms with Crippen LogP contribution in [-0.2, 0) is 9.59 Å². The average molecular weight is 416 g/mol. The van der Waals surface area contributed by atoms with Crippen LogP contribution in [0, 0.1) is 6.92 Å². The van der Waals surface area contributed by atoms with Crippen LogP contribution in [0.5, 0.6) is 5.75 Å². The second kappa shape index (κ2) is 9.84. The van der Waals surface area contributed by atoms with E-state index in [9.17, 15) is 19.5 Å². The predicted octanol–water partition coefficient (Wildman–Crippen LogP) is 3.04. The zero-order valence-corrected chi connectivity index (χ0v) is 16.6. The Hall–Kier alpha value is -4.46. The number of phenolic OH excluding ortho intramolecular Hbond substituents is 1. The van der Waals surface area contributed by atoms with Crippen LogP contribution in [0.15, 0.2) is 77.9 Å². The molecule has 0 aliphatic heterocycles. The number of para-hydroxylation sites is 1. The van der Waals surface area contributed by atoms with E-state index in [1.165, 1.54) is 24.4 Å². The fraction of sp³-hybridized carbons (Fsp3) is 0.0435. The Morgan fingerprint density at radius 1 is 0.871 bits per heavy atom. The van der Waals surface area contributed by atoms with Crippen LogP contribution in [0.2, 0.25) is 0 Å².